The van der Waals surface area contributed by atoms with Gasteiger partial charge in [0.2, 0.25) is 5.91 Å². The molecule has 15 heavy (non-hydrogen) atoms. The second-order valence-corrected chi connectivity index (χ2v) is 3.44. The molecule has 0 unspecified atom stereocenters. The van der Waals surface area contributed by atoms with Crippen LogP contribution in [0.5, 0.6) is 0 Å². The summed E-state index contributed by atoms with van der Waals surface area (Å²) in [6, 6.07) is 7.87. The molecule has 1 rings (SSSR count). The molecule has 0 atom stereocenters. The largest absolute Gasteiger partial charge is 0.326 e. The first-order valence-corrected chi connectivity index (χ1v) is 5.50. The Kier molecular flexibility index (Phi) is 7.33. The lowest BCUT2D eigenvalue weighted by molar-refractivity contribution is -0.114. The molecule has 0 spiro atoms. The van der Waals surface area contributed by atoms with Crippen molar-refractivity contribution in [1.82, 2.24) is 0 Å². The van der Waals surface area contributed by atoms with Gasteiger partial charge in [0.15, 0.2) is 0 Å². The number of rotatable bonds is 2. The van der Waals surface area contributed by atoms with Gasteiger partial charge < -0.3 is 5.32 Å². The Hall–Kier alpha value is -1.31. The predicted molar refractivity (Wildman–Crippen MR) is 66.1 cm³/mol. The normalized spacial score (nSPS) is 8.80. The van der Waals surface area contributed by atoms with E-state index in [4.69, 9.17) is 0 Å². The fourth-order valence-electron chi connectivity index (χ4n) is 1.03. The van der Waals surface area contributed by atoms with Crippen molar-refractivity contribution >= 4 is 11.6 Å². The summed E-state index contributed by atoms with van der Waals surface area (Å²) < 4.78 is 0. The number of nitrogens with one attached hydrogen (secondary N) is 1. The molecule has 2 heteroatoms. The Morgan fingerprint density at radius 2 is 1.60 bits per heavy atom. The third-order valence-corrected chi connectivity index (χ3v) is 1.68. The van der Waals surface area contributed by atoms with Crippen LogP contribution in [0.3, 0.4) is 0 Å². The summed E-state index contributed by atoms with van der Waals surface area (Å²) in [5.41, 5.74) is 2.14. The summed E-state index contributed by atoms with van der Waals surface area (Å²) in [4.78, 5) is 10.7. The maximum absolute atomic E-state index is 10.7. The van der Waals surface area contributed by atoms with E-state index < -0.39 is 0 Å². The Labute approximate surface area is 92.7 Å². The van der Waals surface area contributed by atoms with Gasteiger partial charge in [-0.25, -0.2) is 0 Å². The second-order valence-electron chi connectivity index (χ2n) is 3.44. The van der Waals surface area contributed by atoms with Crippen LogP contribution in [0.25, 0.3) is 0 Å². The first-order valence-electron chi connectivity index (χ1n) is 5.50. The fraction of sp³-hybridized carbons (Fsp3) is 0.462. The second kappa shape index (κ2) is 8.04. The molecule has 0 radical (unpaired) electrons. The summed E-state index contributed by atoms with van der Waals surface area (Å²) in [5, 5.41) is 2.72. The smallest absolute Gasteiger partial charge is 0.221 e. The predicted octanol–water partition coefficient (Wildman–Crippen LogP) is 3.62. The van der Waals surface area contributed by atoms with Crippen LogP contribution in [-0.2, 0) is 11.2 Å². The lowest BCUT2D eigenvalue weighted by atomic mass is 10.1. The molecule has 0 fully saturated rings. The van der Waals surface area contributed by atoms with Crippen molar-refractivity contribution in [2.24, 2.45) is 0 Å². The molecule has 2 nitrogen and oxygen atoms in total. The molecule has 1 N–H and O–H groups in total. The Morgan fingerprint density at radius 3 is 1.93 bits per heavy atom. The van der Waals surface area contributed by atoms with Gasteiger partial charge in [0.1, 0.15) is 0 Å². The molecule has 0 aromatic heterocycles. The number of amides is 1. The van der Waals surface area contributed by atoms with Gasteiger partial charge >= 0.3 is 0 Å². The van der Waals surface area contributed by atoms with Crippen molar-refractivity contribution in [3.63, 3.8) is 0 Å². The minimum atomic E-state index is -0.0285. The molecule has 0 aliphatic heterocycles. The zero-order valence-corrected chi connectivity index (χ0v) is 10.1. The SMILES string of the molecule is CCC.CCc1ccc(NC(C)=O)cc1. The molecule has 1 aromatic rings. The monoisotopic (exact) mass is 207 g/mol. The van der Waals surface area contributed by atoms with Gasteiger partial charge in [0.25, 0.3) is 0 Å². The van der Waals surface area contributed by atoms with Crippen molar-refractivity contribution in [3.05, 3.63) is 29.8 Å². The van der Waals surface area contributed by atoms with Crippen LogP contribution in [-0.4, -0.2) is 5.91 Å². The van der Waals surface area contributed by atoms with E-state index in [1.54, 1.807) is 0 Å². The van der Waals surface area contributed by atoms with Gasteiger partial charge in [-0.1, -0.05) is 39.3 Å². The zero-order valence-electron chi connectivity index (χ0n) is 10.1. The molecule has 84 valence electrons. The first kappa shape index (κ1) is 13.7. The van der Waals surface area contributed by atoms with Gasteiger partial charge in [-0.2, -0.15) is 0 Å². The van der Waals surface area contributed by atoms with Crippen LogP contribution in [0.1, 0.15) is 39.7 Å². The highest BCUT2D eigenvalue weighted by Crippen LogP contribution is 2.09. The average molecular weight is 207 g/mol. The van der Waals surface area contributed by atoms with Crippen LogP contribution in [0.2, 0.25) is 0 Å². The fourth-order valence-corrected chi connectivity index (χ4v) is 1.03. The van der Waals surface area contributed by atoms with Crippen LogP contribution < -0.4 is 5.32 Å². The molecule has 1 aromatic carbocycles. The lowest BCUT2D eigenvalue weighted by Gasteiger charge is -2.01. The quantitative estimate of drug-likeness (QED) is 0.788. The summed E-state index contributed by atoms with van der Waals surface area (Å²) in [5.74, 6) is -0.0285. The molecular formula is C13H21NO. The number of carbonyl (C=O) groups is 1. The van der Waals surface area contributed by atoms with E-state index in [-0.39, 0.29) is 5.91 Å². The van der Waals surface area contributed by atoms with Gasteiger partial charge in [0.05, 0.1) is 0 Å². The molecule has 0 bridgehead atoms. The van der Waals surface area contributed by atoms with E-state index in [0.717, 1.165) is 12.1 Å². The number of hydrogen-bond donors (Lipinski definition) is 1. The van der Waals surface area contributed by atoms with Crippen molar-refractivity contribution in [2.75, 3.05) is 5.32 Å². The minimum absolute atomic E-state index is 0.0285. The van der Waals surface area contributed by atoms with E-state index in [1.807, 2.05) is 24.3 Å². The molecule has 1 amide bonds. The van der Waals surface area contributed by atoms with Gasteiger partial charge in [-0.15, -0.1) is 0 Å². The number of hydrogen-bond acceptors (Lipinski definition) is 1. The summed E-state index contributed by atoms with van der Waals surface area (Å²) in [7, 11) is 0. The van der Waals surface area contributed by atoms with Crippen molar-refractivity contribution in [1.29, 1.82) is 0 Å². The van der Waals surface area contributed by atoms with Crippen molar-refractivity contribution in [3.8, 4) is 0 Å². The van der Waals surface area contributed by atoms with Crippen molar-refractivity contribution < 1.29 is 4.79 Å². The van der Waals surface area contributed by atoms with E-state index in [1.165, 1.54) is 18.9 Å². The maximum atomic E-state index is 10.7. The summed E-state index contributed by atoms with van der Waals surface area (Å²) in [6.45, 7) is 7.86. The van der Waals surface area contributed by atoms with Gasteiger partial charge in [-0.3, -0.25) is 4.79 Å². The molecule has 0 aliphatic rings. The first-order chi connectivity index (χ1) is 7.13. The number of carbonyl (C=O) groups excluding carboxylic acids is 1. The molecule has 0 saturated carbocycles. The van der Waals surface area contributed by atoms with Crippen LogP contribution >= 0.6 is 0 Å². The molecule has 0 heterocycles. The Morgan fingerprint density at radius 1 is 1.13 bits per heavy atom. The summed E-state index contributed by atoms with van der Waals surface area (Å²) >= 11 is 0. The van der Waals surface area contributed by atoms with E-state index in [9.17, 15) is 4.79 Å². The molecule has 0 aliphatic carbocycles. The lowest BCUT2D eigenvalue weighted by Crippen LogP contribution is -2.05. The van der Waals surface area contributed by atoms with E-state index >= 15 is 0 Å². The van der Waals surface area contributed by atoms with Crippen LogP contribution in [0, 0.1) is 0 Å². The number of anilines is 1. The van der Waals surface area contributed by atoms with Gasteiger partial charge in [-0.05, 0) is 24.1 Å². The Balaban J connectivity index is 0.000000583. The topological polar surface area (TPSA) is 29.1 Å². The minimum Gasteiger partial charge on any atom is -0.326 e. The number of aryl methyl sites for hydroxylation is 1. The van der Waals surface area contributed by atoms with Crippen LogP contribution in [0.4, 0.5) is 5.69 Å². The average Bonchev–Trinajstić information content (AvgIpc) is 2.19. The highest BCUT2D eigenvalue weighted by molar-refractivity contribution is 5.88. The molecular weight excluding hydrogens is 186 g/mol. The molecule has 0 saturated heterocycles. The third kappa shape index (κ3) is 6.72. The maximum Gasteiger partial charge on any atom is 0.221 e. The van der Waals surface area contributed by atoms with E-state index in [0.29, 0.717) is 0 Å². The summed E-state index contributed by atoms with van der Waals surface area (Å²) in [6.07, 6.45) is 2.28. The Bertz CT molecular complexity index is 277. The van der Waals surface area contributed by atoms with Crippen LogP contribution in [0.15, 0.2) is 24.3 Å². The highest BCUT2D eigenvalue weighted by Gasteiger charge is 1.93. The third-order valence-electron chi connectivity index (χ3n) is 1.68. The zero-order chi connectivity index (χ0) is 11.7. The van der Waals surface area contributed by atoms with Gasteiger partial charge in [0, 0.05) is 12.6 Å². The van der Waals surface area contributed by atoms with Crippen molar-refractivity contribution in [2.45, 2.75) is 40.5 Å². The number of benzene rings is 1. The van der Waals surface area contributed by atoms with E-state index in [2.05, 4.69) is 26.1 Å². The highest BCUT2D eigenvalue weighted by atomic mass is 16.1. The standard InChI is InChI=1S/C10H13NO.C3H8/c1-3-9-4-6-10(7-5-9)11-8(2)12;1-3-2/h4-7H,3H2,1-2H3,(H,11,12);3H2,1-2H3.